The molecule has 0 saturated carbocycles. The second-order valence-electron chi connectivity index (χ2n) is 7.32. The lowest BCUT2D eigenvalue weighted by Crippen LogP contribution is -2.57. The molecule has 0 spiro atoms. The molecule has 8 nitrogen and oxygen atoms in total. The van der Waals surface area contributed by atoms with Crippen LogP contribution in [0.4, 0.5) is 0 Å². The summed E-state index contributed by atoms with van der Waals surface area (Å²) in [6.45, 7) is 4.95. The van der Waals surface area contributed by atoms with Gasteiger partial charge < -0.3 is 24.6 Å². The first kappa shape index (κ1) is 20.4. The minimum atomic E-state index is -0.475. The normalized spacial score (nSPS) is 21.3. The maximum absolute atomic E-state index is 12.8. The van der Waals surface area contributed by atoms with Crippen LogP contribution in [0.15, 0.2) is 18.2 Å². The Labute approximate surface area is 166 Å². The Bertz CT molecular complexity index is 703. The van der Waals surface area contributed by atoms with Crippen LogP contribution in [0.2, 0.25) is 0 Å². The standard InChI is InChI=1S/C20H30N4O4/c1-22-9-11-23(12-10-22)18(25)13-16-20(26)21-7-8-24(16)14-15-5-4-6-17(27-2)19(15)28-3/h4-6,16H,7-14H2,1-3H3,(H,21,26). The van der Waals surface area contributed by atoms with Crippen molar-refractivity contribution in [3.63, 3.8) is 0 Å². The van der Waals surface area contributed by atoms with E-state index in [1.165, 1.54) is 0 Å². The first-order valence-electron chi connectivity index (χ1n) is 9.71. The van der Waals surface area contributed by atoms with Crippen molar-refractivity contribution in [3.05, 3.63) is 23.8 Å². The fourth-order valence-corrected chi connectivity index (χ4v) is 3.82. The van der Waals surface area contributed by atoms with Crippen molar-refractivity contribution < 1.29 is 19.1 Å². The highest BCUT2D eigenvalue weighted by Crippen LogP contribution is 2.32. The molecule has 1 aromatic rings. The minimum Gasteiger partial charge on any atom is -0.493 e. The molecule has 2 fully saturated rings. The summed E-state index contributed by atoms with van der Waals surface area (Å²) in [5, 5.41) is 2.90. The summed E-state index contributed by atoms with van der Waals surface area (Å²) in [5.41, 5.74) is 0.939. The molecule has 2 heterocycles. The molecular formula is C20H30N4O4. The first-order chi connectivity index (χ1) is 13.5. The Morgan fingerprint density at radius 2 is 1.89 bits per heavy atom. The van der Waals surface area contributed by atoms with Gasteiger partial charge in [-0.3, -0.25) is 14.5 Å². The van der Waals surface area contributed by atoms with E-state index in [1.807, 2.05) is 23.1 Å². The van der Waals surface area contributed by atoms with Gasteiger partial charge in [0.25, 0.3) is 0 Å². The lowest BCUT2D eigenvalue weighted by Gasteiger charge is -2.37. The number of hydrogen-bond donors (Lipinski definition) is 1. The second kappa shape index (κ2) is 9.25. The fourth-order valence-electron chi connectivity index (χ4n) is 3.82. The van der Waals surface area contributed by atoms with E-state index in [1.54, 1.807) is 14.2 Å². The van der Waals surface area contributed by atoms with Gasteiger partial charge in [-0.2, -0.15) is 0 Å². The average Bonchev–Trinajstić information content (AvgIpc) is 2.70. The molecule has 2 amide bonds. The van der Waals surface area contributed by atoms with Gasteiger partial charge >= 0.3 is 0 Å². The van der Waals surface area contributed by atoms with Crippen LogP contribution >= 0.6 is 0 Å². The predicted molar refractivity (Wildman–Crippen MR) is 105 cm³/mol. The number of para-hydroxylation sites is 1. The molecular weight excluding hydrogens is 360 g/mol. The predicted octanol–water partition coefficient (Wildman–Crippen LogP) is 0.168. The van der Waals surface area contributed by atoms with E-state index in [0.717, 1.165) is 18.7 Å². The first-order valence-corrected chi connectivity index (χ1v) is 9.71. The van der Waals surface area contributed by atoms with Crippen LogP contribution in [0.1, 0.15) is 12.0 Å². The molecule has 28 heavy (non-hydrogen) atoms. The van der Waals surface area contributed by atoms with Gasteiger partial charge in [0, 0.05) is 51.4 Å². The van der Waals surface area contributed by atoms with Gasteiger partial charge in [-0.05, 0) is 13.1 Å². The van der Waals surface area contributed by atoms with Gasteiger partial charge in [-0.15, -0.1) is 0 Å². The number of carbonyl (C=O) groups is 2. The van der Waals surface area contributed by atoms with Gasteiger partial charge in [0.1, 0.15) is 0 Å². The van der Waals surface area contributed by atoms with Crippen molar-refractivity contribution in [1.29, 1.82) is 0 Å². The van der Waals surface area contributed by atoms with Crippen molar-refractivity contribution in [3.8, 4) is 11.5 Å². The Kier molecular flexibility index (Phi) is 6.74. The van der Waals surface area contributed by atoms with Crippen molar-refractivity contribution >= 4 is 11.8 Å². The smallest absolute Gasteiger partial charge is 0.237 e. The molecule has 154 valence electrons. The number of ether oxygens (including phenoxy) is 2. The van der Waals surface area contributed by atoms with E-state index in [2.05, 4.69) is 22.2 Å². The zero-order valence-electron chi connectivity index (χ0n) is 16.9. The molecule has 0 bridgehead atoms. The van der Waals surface area contributed by atoms with Crippen molar-refractivity contribution in [2.75, 3.05) is 60.5 Å². The summed E-state index contributed by atoms with van der Waals surface area (Å²) >= 11 is 0. The number of nitrogens with zero attached hydrogens (tertiary/aromatic N) is 3. The van der Waals surface area contributed by atoms with Crippen molar-refractivity contribution in [2.24, 2.45) is 0 Å². The number of amides is 2. The molecule has 0 radical (unpaired) electrons. The van der Waals surface area contributed by atoms with Crippen LogP contribution in [0.3, 0.4) is 0 Å². The van der Waals surface area contributed by atoms with Crippen LogP contribution in [0, 0.1) is 0 Å². The van der Waals surface area contributed by atoms with Crippen LogP contribution < -0.4 is 14.8 Å². The monoisotopic (exact) mass is 390 g/mol. The molecule has 2 saturated heterocycles. The van der Waals surface area contributed by atoms with Crippen LogP contribution in [-0.4, -0.2) is 93.1 Å². The Balaban J connectivity index is 1.72. The molecule has 1 aromatic carbocycles. The van der Waals surface area contributed by atoms with Gasteiger partial charge in [-0.1, -0.05) is 12.1 Å². The largest absolute Gasteiger partial charge is 0.493 e. The summed E-state index contributed by atoms with van der Waals surface area (Å²) in [6.07, 6.45) is 0.196. The summed E-state index contributed by atoms with van der Waals surface area (Å²) in [5.74, 6) is 1.28. The number of carbonyl (C=O) groups excluding carboxylic acids is 2. The van der Waals surface area contributed by atoms with E-state index in [9.17, 15) is 9.59 Å². The highest BCUT2D eigenvalue weighted by Gasteiger charge is 2.34. The fraction of sp³-hybridized carbons (Fsp3) is 0.600. The van der Waals surface area contributed by atoms with E-state index >= 15 is 0 Å². The zero-order chi connectivity index (χ0) is 20.1. The number of methoxy groups -OCH3 is 2. The number of piperazine rings is 2. The number of likely N-dealkylation sites (N-methyl/N-ethyl adjacent to an activating group) is 1. The Morgan fingerprint density at radius 3 is 2.57 bits per heavy atom. The number of benzene rings is 1. The van der Waals surface area contributed by atoms with E-state index in [4.69, 9.17) is 9.47 Å². The number of rotatable bonds is 6. The lowest BCUT2D eigenvalue weighted by molar-refractivity contribution is -0.140. The van der Waals surface area contributed by atoms with Gasteiger partial charge in [0.2, 0.25) is 11.8 Å². The molecule has 1 unspecified atom stereocenters. The van der Waals surface area contributed by atoms with Crippen molar-refractivity contribution in [1.82, 2.24) is 20.0 Å². The zero-order valence-corrected chi connectivity index (χ0v) is 16.9. The minimum absolute atomic E-state index is 0.0396. The molecule has 0 aliphatic carbocycles. The third kappa shape index (κ3) is 4.56. The summed E-state index contributed by atoms with van der Waals surface area (Å²) in [7, 11) is 5.27. The van der Waals surface area contributed by atoms with Crippen molar-refractivity contribution in [2.45, 2.75) is 19.0 Å². The molecule has 1 N–H and O–H groups in total. The topological polar surface area (TPSA) is 74.4 Å². The SMILES string of the molecule is COc1cccc(CN2CCNC(=O)C2CC(=O)N2CCN(C)CC2)c1OC. The van der Waals surface area contributed by atoms with Crippen LogP contribution in [-0.2, 0) is 16.1 Å². The number of nitrogens with one attached hydrogen (secondary N) is 1. The lowest BCUT2D eigenvalue weighted by atomic mass is 10.0. The Morgan fingerprint density at radius 1 is 1.14 bits per heavy atom. The Hall–Kier alpha value is -2.32. The molecule has 8 heteroatoms. The molecule has 3 rings (SSSR count). The quantitative estimate of drug-likeness (QED) is 0.746. The van der Waals surface area contributed by atoms with Crippen LogP contribution in [0.5, 0.6) is 11.5 Å². The van der Waals surface area contributed by atoms with Gasteiger partial charge in [-0.25, -0.2) is 0 Å². The average molecular weight is 390 g/mol. The highest BCUT2D eigenvalue weighted by atomic mass is 16.5. The molecule has 2 aliphatic rings. The maximum Gasteiger partial charge on any atom is 0.237 e. The second-order valence-corrected chi connectivity index (χ2v) is 7.32. The maximum atomic E-state index is 12.8. The highest BCUT2D eigenvalue weighted by molar-refractivity contribution is 5.89. The molecule has 0 aromatic heterocycles. The molecule has 2 aliphatic heterocycles. The number of hydrogen-bond acceptors (Lipinski definition) is 6. The van der Waals surface area contributed by atoms with Gasteiger partial charge in [0.05, 0.1) is 26.7 Å². The summed E-state index contributed by atoms with van der Waals surface area (Å²) in [4.78, 5) is 31.5. The summed E-state index contributed by atoms with van der Waals surface area (Å²) < 4.78 is 10.9. The van der Waals surface area contributed by atoms with E-state index in [-0.39, 0.29) is 18.2 Å². The molecule has 1 atom stereocenters. The van der Waals surface area contributed by atoms with Crippen LogP contribution in [0.25, 0.3) is 0 Å². The third-order valence-electron chi connectivity index (χ3n) is 5.52. The van der Waals surface area contributed by atoms with E-state index < -0.39 is 6.04 Å². The third-order valence-corrected chi connectivity index (χ3v) is 5.52. The van der Waals surface area contributed by atoms with Gasteiger partial charge in [0.15, 0.2) is 11.5 Å². The van der Waals surface area contributed by atoms with E-state index in [0.29, 0.717) is 44.2 Å². The summed E-state index contributed by atoms with van der Waals surface area (Å²) in [6, 6.07) is 5.25.